The molecule has 1 amide bonds. The maximum Gasteiger partial charge on any atom is 0.262 e. The number of methoxy groups -OCH3 is 1. The van der Waals surface area contributed by atoms with Crippen molar-refractivity contribution in [1.82, 2.24) is 0 Å². The van der Waals surface area contributed by atoms with Crippen LogP contribution in [-0.2, 0) is 4.79 Å². The minimum absolute atomic E-state index is 0.266. The summed E-state index contributed by atoms with van der Waals surface area (Å²) in [6, 6.07) is 9.55. The van der Waals surface area contributed by atoms with Crippen LogP contribution >= 0.6 is 23.2 Å². The van der Waals surface area contributed by atoms with E-state index >= 15 is 0 Å². The van der Waals surface area contributed by atoms with Gasteiger partial charge in [-0.15, -0.1) is 0 Å². The number of ether oxygens (including phenoxy) is 2. The SMILES string of the molecule is COc1cc(C=O)ccc1OCC(=O)Nc1c(Cl)cccc1Cl. The second kappa shape index (κ2) is 7.85. The van der Waals surface area contributed by atoms with Gasteiger partial charge in [-0.05, 0) is 30.3 Å². The molecule has 2 aromatic rings. The van der Waals surface area contributed by atoms with Crippen molar-refractivity contribution in [2.75, 3.05) is 19.0 Å². The van der Waals surface area contributed by atoms with Crippen LogP contribution in [0.5, 0.6) is 11.5 Å². The van der Waals surface area contributed by atoms with E-state index in [2.05, 4.69) is 5.32 Å². The number of carbonyl (C=O) groups excluding carboxylic acids is 2. The lowest BCUT2D eigenvalue weighted by Gasteiger charge is -2.12. The molecular formula is C16H13Cl2NO4. The number of halogens is 2. The number of aldehydes is 1. The monoisotopic (exact) mass is 353 g/mol. The second-order valence-electron chi connectivity index (χ2n) is 4.46. The zero-order valence-electron chi connectivity index (χ0n) is 12.1. The zero-order chi connectivity index (χ0) is 16.8. The number of anilines is 1. The molecule has 0 heterocycles. The van der Waals surface area contributed by atoms with Crippen molar-refractivity contribution in [3.63, 3.8) is 0 Å². The van der Waals surface area contributed by atoms with Gasteiger partial charge in [-0.2, -0.15) is 0 Å². The maximum absolute atomic E-state index is 12.0. The Morgan fingerprint density at radius 1 is 1.17 bits per heavy atom. The normalized spacial score (nSPS) is 10.0. The van der Waals surface area contributed by atoms with Crippen molar-refractivity contribution in [3.8, 4) is 11.5 Å². The minimum Gasteiger partial charge on any atom is -0.493 e. The lowest BCUT2D eigenvalue weighted by Crippen LogP contribution is -2.20. The van der Waals surface area contributed by atoms with E-state index in [-0.39, 0.29) is 6.61 Å². The molecule has 0 aromatic heterocycles. The van der Waals surface area contributed by atoms with Gasteiger partial charge in [-0.3, -0.25) is 9.59 Å². The second-order valence-corrected chi connectivity index (χ2v) is 5.28. The van der Waals surface area contributed by atoms with Gasteiger partial charge >= 0.3 is 0 Å². The smallest absolute Gasteiger partial charge is 0.262 e. The number of rotatable bonds is 6. The number of hydrogen-bond acceptors (Lipinski definition) is 4. The van der Waals surface area contributed by atoms with Gasteiger partial charge in [-0.25, -0.2) is 0 Å². The summed E-state index contributed by atoms with van der Waals surface area (Å²) >= 11 is 12.0. The Kier molecular flexibility index (Phi) is 5.84. The van der Waals surface area contributed by atoms with Crippen molar-refractivity contribution in [3.05, 3.63) is 52.0 Å². The highest BCUT2D eigenvalue weighted by molar-refractivity contribution is 6.39. The molecule has 2 aromatic carbocycles. The number of benzene rings is 2. The largest absolute Gasteiger partial charge is 0.493 e. The molecule has 0 saturated heterocycles. The van der Waals surface area contributed by atoms with E-state index in [1.807, 2.05) is 0 Å². The van der Waals surface area contributed by atoms with E-state index in [1.165, 1.54) is 13.2 Å². The van der Waals surface area contributed by atoms with Crippen LogP contribution in [0.15, 0.2) is 36.4 Å². The Morgan fingerprint density at radius 2 is 1.87 bits per heavy atom. The molecule has 0 bridgehead atoms. The number of hydrogen-bond donors (Lipinski definition) is 1. The van der Waals surface area contributed by atoms with Gasteiger partial charge in [0.2, 0.25) is 0 Å². The molecule has 0 saturated carbocycles. The van der Waals surface area contributed by atoms with Gasteiger partial charge in [0.15, 0.2) is 18.1 Å². The van der Waals surface area contributed by atoms with Crippen LogP contribution in [0.4, 0.5) is 5.69 Å². The third kappa shape index (κ3) is 4.37. The summed E-state index contributed by atoms with van der Waals surface area (Å²) in [6.07, 6.45) is 0.693. The molecule has 0 aliphatic rings. The molecule has 23 heavy (non-hydrogen) atoms. The number of para-hydroxylation sites is 1. The van der Waals surface area contributed by atoms with E-state index in [9.17, 15) is 9.59 Å². The molecule has 2 rings (SSSR count). The lowest BCUT2D eigenvalue weighted by atomic mass is 10.2. The predicted octanol–water partition coefficient (Wildman–Crippen LogP) is 3.83. The van der Waals surface area contributed by atoms with Crippen molar-refractivity contribution in [2.45, 2.75) is 0 Å². The summed E-state index contributed by atoms with van der Waals surface area (Å²) in [5.74, 6) is 0.276. The van der Waals surface area contributed by atoms with Gasteiger partial charge in [-0.1, -0.05) is 29.3 Å². The fourth-order valence-corrected chi connectivity index (χ4v) is 2.30. The van der Waals surface area contributed by atoms with Crippen LogP contribution in [0.25, 0.3) is 0 Å². The van der Waals surface area contributed by atoms with Gasteiger partial charge in [0, 0.05) is 5.56 Å². The zero-order valence-corrected chi connectivity index (χ0v) is 13.6. The first-order valence-corrected chi connectivity index (χ1v) is 7.30. The highest BCUT2D eigenvalue weighted by Crippen LogP contribution is 2.30. The van der Waals surface area contributed by atoms with E-state index in [0.717, 1.165) is 0 Å². The van der Waals surface area contributed by atoms with Crippen molar-refractivity contribution in [2.24, 2.45) is 0 Å². The molecule has 0 aliphatic carbocycles. The number of nitrogens with one attached hydrogen (secondary N) is 1. The summed E-state index contributed by atoms with van der Waals surface area (Å²) in [5.41, 5.74) is 0.772. The Morgan fingerprint density at radius 3 is 2.48 bits per heavy atom. The standard InChI is InChI=1S/C16H13Cl2NO4/c1-22-14-7-10(8-20)5-6-13(14)23-9-15(21)19-16-11(17)3-2-4-12(16)18/h2-8H,9H2,1H3,(H,19,21). The van der Waals surface area contributed by atoms with Crippen LogP contribution in [0, 0.1) is 0 Å². The molecule has 0 spiro atoms. The summed E-state index contributed by atoms with van der Waals surface area (Å²) in [5, 5.41) is 3.25. The first kappa shape index (κ1) is 17.1. The molecule has 0 aliphatic heterocycles. The van der Waals surface area contributed by atoms with Crippen LogP contribution in [0.2, 0.25) is 10.0 Å². The number of carbonyl (C=O) groups is 2. The molecule has 0 unspecified atom stereocenters. The fraction of sp³-hybridized carbons (Fsp3) is 0.125. The maximum atomic E-state index is 12.0. The molecular weight excluding hydrogens is 341 g/mol. The third-order valence-electron chi connectivity index (χ3n) is 2.91. The van der Waals surface area contributed by atoms with Crippen molar-refractivity contribution >= 4 is 41.1 Å². The predicted molar refractivity (Wildman–Crippen MR) is 89.0 cm³/mol. The molecule has 0 atom stereocenters. The van der Waals surface area contributed by atoms with Crippen LogP contribution in [0.1, 0.15) is 10.4 Å². The topological polar surface area (TPSA) is 64.6 Å². The Labute approximate surface area is 143 Å². The third-order valence-corrected chi connectivity index (χ3v) is 3.54. The van der Waals surface area contributed by atoms with Gasteiger partial charge in [0.25, 0.3) is 5.91 Å². The highest BCUT2D eigenvalue weighted by atomic mass is 35.5. The van der Waals surface area contributed by atoms with Gasteiger partial charge in [0.1, 0.15) is 6.29 Å². The van der Waals surface area contributed by atoms with Crippen LogP contribution < -0.4 is 14.8 Å². The van der Waals surface area contributed by atoms with Gasteiger partial charge in [0.05, 0.1) is 22.8 Å². The van der Waals surface area contributed by atoms with Crippen molar-refractivity contribution in [1.29, 1.82) is 0 Å². The number of amides is 1. The molecule has 5 nitrogen and oxygen atoms in total. The molecule has 120 valence electrons. The minimum atomic E-state index is -0.429. The van der Waals surface area contributed by atoms with Crippen LogP contribution in [-0.4, -0.2) is 25.9 Å². The van der Waals surface area contributed by atoms with E-state index in [0.29, 0.717) is 39.1 Å². The first-order chi connectivity index (χ1) is 11.0. The van der Waals surface area contributed by atoms with Crippen molar-refractivity contribution < 1.29 is 19.1 Å². The quantitative estimate of drug-likeness (QED) is 0.801. The molecule has 0 radical (unpaired) electrons. The van der Waals surface area contributed by atoms with E-state index in [4.69, 9.17) is 32.7 Å². The molecule has 1 N–H and O–H groups in total. The average molecular weight is 354 g/mol. The Bertz CT molecular complexity index is 714. The van der Waals surface area contributed by atoms with E-state index in [1.54, 1.807) is 30.3 Å². The Hall–Kier alpha value is -2.24. The Balaban J connectivity index is 2.03. The fourth-order valence-electron chi connectivity index (χ4n) is 1.81. The highest BCUT2D eigenvalue weighted by Gasteiger charge is 2.12. The van der Waals surface area contributed by atoms with Gasteiger partial charge < -0.3 is 14.8 Å². The molecule has 0 fully saturated rings. The van der Waals surface area contributed by atoms with E-state index < -0.39 is 5.91 Å². The summed E-state index contributed by atoms with van der Waals surface area (Å²) in [4.78, 5) is 22.7. The lowest BCUT2D eigenvalue weighted by molar-refractivity contribution is -0.118. The molecule has 7 heteroatoms. The summed E-state index contributed by atoms with van der Waals surface area (Å²) in [6.45, 7) is -0.266. The van der Waals surface area contributed by atoms with Crippen LogP contribution in [0.3, 0.4) is 0 Å². The average Bonchev–Trinajstić information content (AvgIpc) is 2.56. The first-order valence-electron chi connectivity index (χ1n) is 6.55. The summed E-state index contributed by atoms with van der Waals surface area (Å²) in [7, 11) is 1.44. The summed E-state index contributed by atoms with van der Waals surface area (Å²) < 4.78 is 10.5.